The van der Waals surface area contributed by atoms with Gasteiger partial charge >= 0.3 is 17.6 Å². The molecular formula is C35H41NO8. The van der Waals surface area contributed by atoms with E-state index in [9.17, 15) is 19.7 Å². The van der Waals surface area contributed by atoms with Crippen molar-refractivity contribution >= 4 is 17.6 Å². The molecule has 0 amide bonds. The summed E-state index contributed by atoms with van der Waals surface area (Å²) in [5.41, 5.74) is 1.76. The Kier molecular flexibility index (Phi) is 13.9. The average Bonchev–Trinajstić information content (AvgIpc) is 3.02. The molecule has 0 saturated carbocycles. The summed E-state index contributed by atoms with van der Waals surface area (Å²) >= 11 is 0. The Bertz CT molecular complexity index is 1380. The molecule has 0 aliphatic carbocycles. The van der Waals surface area contributed by atoms with E-state index in [0.29, 0.717) is 36.7 Å². The molecule has 9 nitrogen and oxygen atoms in total. The standard InChI is InChI=1S/C35H41NO8/c1-4-5-9-22-41-30-17-12-27(13-18-30)29-16-21-33(32(25-29)36(39)40)44-35(38)28-14-19-31(20-15-28)42-23-10-7-6-8-11-24-43-34(37)26(2)3/h12-21,25H,2,4-11,22-24H2,1,3H3. The molecule has 3 aromatic rings. The van der Waals surface area contributed by atoms with E-state index in [1.54, 1.807) is 37.3 Å². The molecule has 0 fully saturated rings. The van der Waals surface area contributed by atoms with Crippen LogP contribution in [0.15, 0.2) is 78.9 Å². The first-order chi connectivity index (χ1) is 21.3. The second-order valence-electron chi connectivity index (χ2n) is 10.5. The smallest absolute Gasteiger partial charge is 0.343 e. The predicted molar refractivity (Wildman–Crippen MR) is 169 cm³/mol. The second-order valence-corrected chi connectivity index (χ2v) is 10.5. The summed E-state index contributed by atoms with van der Waals surface area (Å²) in [6.45, 7) is 8.90. The lowest BCUT2D eigenvalue weighted by Gasteiger charge is -2.10. The van der Waals surface area contributed by atoms with Gasteiger partial charge in [0, 0.05) is 11.6 Å². The largest absolute Gasteiger partial charge is 0.494 e. The van der Waals surface area contributed by atoms with Gasteiger partial charge < -0.3 is 18.9 Å². The van der Waals surface area contributed by atoms with E-state index in [0.717, 1.165) is 62.7 Å². The maximum absolute atomic E-state index is 12.8. The predicted octanol–water partition coefficient (Wildman–Crippen LogP) is 8.50. The molecular weight excluding hydrogens is 562 g/mol. The minimum atomic E-state index is -0.703. The third-order valence-electron chi connectivity index (χ3n) is 6.79. The van der Waals surface area contributed by atoms with Crippen LogP contribution in [0.4, 0.5) is 5.69 Å². The number of rotatable bonds is 19. The van der Waals surface area contributed by atoms with Crippen molar-refractivity contribution in [2.45, 2.75) is 65.2 Å². The Morgan fingerprint density at radius 1 is 0.750 bits per heavy atom. The number of hydrogen-bond donors (Lipinski definition) is 0. The van der Waals surface area contributed by atoms with Crippen molar-refractivity contribution in [1.82, 2.24) is 0 Å². The average molecular weight is 604 g/mol. The van der Waals surface area contributed by atoms with Gasteiger partial charge in [0.1, 0.15) is 11.5 Å². The summed E-state index contributed by atoms with van der Waals surface area (Å²) < 4.78 is 22.0. The molecule has 0 unspecified atom stereocenters. The van der Waals surface area contributed by atoms with Gasteiger partial charge in [0.15, 0.2) is 0 Å². The molecule has 3 aromatic carbocycles. The zero-order chi connectivity index (χ0) is 31.7. The molecule has 0 aromatic heterocycles. The number of unbranched alkanes of at least 4 members (excludes halogenated alkanes) is 6. The van der Waals surface area contributed by atoms with Crippen molar-refractivity contribution in [1.29, 1.82) is 0 Å². The molecule has 0 spiro atoms. The first kappa shape index (κ1) is 33.8. The van der Waals surface area contributed by atoms with Crippen LogP contribution in [0.1, 0.15) is 75.6 Å². The van der Waals surface area contributed by atoms with Crippen LogP contribution in [0, 0.1) is 10.1 Å². The molecule has 234 valence electrons. The third kappa shape index (κ3) is 11.2. The van der Waals surface area contributed by atoms with Gasteiger partial charge in [-0.25, -0.2) is 9.59 Å². The molecule has 0 atom stereocenters. The van der Waals surface area contributed by atoms with E-state index in [4.69, 9.17) is 18.9 Å². The van der Waals surface area contributed by atoms with E-state index in [1.165, 1.54) is 12.1 Å². The van der Waals surface area contributed by atoms with Gasteiger partial charge in [0.2, 0.25) is 5.75 Å². The number of nitro benzene ring substituents is 1. The molecule has 9 heteroatoms. The molecule has 44 heavy (non-hydrogen) atoms. The molecule has 0 saturated heterocycles. The fourth-order valence-electron chi connectivity index (χ4n) is 4.27. The molecule has 0 aliphatic rings. The monoisotopic (exact) mass is 603 g/mol. The van der Waals surface area contributed by atoms with Gasteiger partial charge in [-0.1, -0.05) is 63.8 Å². The molecule has 0 heterocycles. The number of esters is 2. The van der Waals surface area contributed by atoms with Crippen molar-refractivity contribution < 1.29 is 33.5 Å². The van der Waals surface area contributed by atoms with E-state index in [1.807, 2.05) is 24.3 Å². The van der Waals surface area contributed by atoms with Crippen molar-refractivity contribution in [3.05, 3.63) is 94.6 Å². The van der Waals surface area contributed by atoms with Gasteiger partial charge in [-0.3, -0.25) is 10.1 Å². The lowest BCUT2D eigenvalue weighted by Crippen LogP contribution is -2.10. The van der Waals surface area contributed by atoms with Crippen LogP contribution >= 0.6 is 0 Å². The molecule has 0 N–H and O–H groups in total. The van der Waals surface area contributed by atoms with Crippen molar-refractivity contribution in [3.63, 3.8) is 0 Å². The first-order valence-corrected chi connectivity index (χ1v) is 15.1. The van der Waals surface area contributed by atoms with Gasteiger partial charge in [-0.2, -0.15) is 0 Å². The zero-order valence-corrected chi connectivity index (χ0v) is 25.5. The second kappa shape index (κ2) is 18.1. The highest BCUT2D eigenvalue weighted by atomic mass is 16.6. The Labute approximate surface area is 258 Å². The van der Waals surface area contributed by atoms with Crippen molar-refractivity contribution in [2.24, 2.45) is 0 Å². The summed E-state index contributed by atoms with van der Waals surface area (Å²) in [4.78, 5) is 35.3. The minimum absolute atomic E-state index is 0.131. The van der Waals surface area contributed by atoms with Crippen LogP contribution in [0.2, 0.25) is 0 Å². The zero-order valence-electron chi connectivity index (χ0n) is 25.5. The minimum Gasteiger partial charge on any atom is -0.494 e. The normalized spacial score (nSPS) is 10.6. The van der Waals surface area contributed by atoms with E-state index in [-0.39, 0.29) is 23.0 Å². The molecule has 0 radical (unpaired) electrons. The van der Waals surface area contributed by atoms with Gasteiger partial charge in [-0.15, -0.1) is 0 Å². The lowest BCUT2D eigenvalue weighted by molar-refractivity contribution is -0.385. The summed E-state index contributed by atoms with van der Waals surface area (Å²) in [6, 6.07) is 18.3. The number of benzene rings is 3. The highest BCUT2D eigenvalue weighted by molar-refractivity contribution is 5.92. The summed E-state index contributed by atoms with van der Waals surface area (Å²) in [6.07, 6.45) is 7.85. The van der Waals surface area contributed by atoms with Crippen LogP contribution in [0.3, 0.4) is 0 Å². The van der Waals surface area contributed by atoms with E-state index < -0.39 is 10.9 Å². The summed E-state index contributed by atoms with van der Waals surface area (Å²) in [5.74, 6) is 0.170. The molecule has 3 rings (SSSR count). The quantitative estimate of drug-likeness (QED) is 0.0335. The molecule has 0 aliphatic heterocycles. The number of carbonyl (C=O) groups is 2. The maximum Gasteiger partial charge on any atom is 0.343 e. The van der Waals surface area contributed by atoms with Crippen LogP contribution in [-0.4, -0.2) is 36.7 Å². The number of hydrogen-bond acceptors (Lipinski definition) is 8. The number of ether oxygens (including phenoxy) is 4. The van der Waals surface area contributed by atoms with E-state index in [2.05, 4.69) is 13.5 Å². The lowest BCUT2D eigenvalue weighted by atomic mass is 10.0. The van der Waals surface area contributed by atoms with E-state index >= 15 is 0 Å². The van der Waals surface area contributed by atoms with Crippen LogP contribution < -0.4 is 14.2 Å². The third-order valence-corrected chi connectivity index (χ3v) is 6.79. The number of nitro groups is 1. The number of carbonyl (C=O) groups excluding carboxylic acids is 2. The number of nitrogens with zero attached hydrogens (tertiary/aromatic N) is 1. The van der Waals surface area contributed by atoms with Crippen LogP contribution in [0.25, 0.3) is 11.1 Å². The Morgan fingerprint density at radius 3 is 1.89 bits per heavy atom. The SMILES string of the molecule is C=C(C)C(=O)OCCCCCCCOc1ccc(C(=O)Oc2ccc(-c3ccc(OCCCCC)cc3)cc2[N+](=O)[O-])cc1. The fraction of sp³-hybridized carbons (Fsp3) is 0.371. The van der Waals surface area contributed by atoms with Crippen LogP contribution in [0.5, 0.6) is 17.2 Å². The maximum atomic E-state index is 12.8. The fourth-order valence-corrected chi connectivity index (χ4v) is 4.27. The summed E-state index contributed by atoms with van der Waals surface area (Å²) in [7, 11) is 0. The Morgan fingerprint density at radius 2 is 1.30 bits per heavy atom. The topological polar surface area (TPSA) is 114 Å². The van der Waals surface area contributed by atoms with Gasteiger partial charge in [0.05, 0.1) is 30.3 Å². The van der Waals surface area contributed by atoms with Gasteiger partial charge in [-0.05, 0) is 79.8 Å². The molecule has 0 bridgehead atoms. The van der Waals surface area contributed by atoms with Crippen molar-refractivity contribution in [2.75, 3.05) is 19.8 Å². The van der Waals surface area contributed by atoms with Crippen molar-refractivity contribution in [3.8, 4) is 28.4 Å². The Balaban J connectivity index is 1.46. The highest BCUT2D eigenvalue weighted by Gasteiger charge is 2.20. The van der Waals surface area contributed by atoms with Crippen LogP contribution in [-0.2, 0) is 9.53 Å². The highest BCUT2D eigenvalue weighted by Crippen LogP contribution is 2.33. The van der Waals surface area contributed by atoms with Gasteiger partial charge in [0.25, 0.3) is 0 Å². The Hall–Kier alpha value is -4.66. The first-order valence-electron chi connectivity index (χ1n) is 15.1. The summed E-state index contributed by atoms with van der Waals surface area (Å²) in [5, 5.41) is 11.8.